The summed E-state index contributed by atoms with van der Waals surface area (Å²) in [7, 11) is 0. The van der Waals surface area contributed by atoms with E-state index in [0.717, 1.165) is 5.56 Å². The van der Waals surface area contributed by atoms with E-state index in [9.17, 15) is 14.9 Å². The topological polar surface area (TPSA) is 93.8 Å². The van der Waals surface area contributed by atoms with E-state index in [1.54, 1.807) is 6.92 Å². The van der Waals surface area contributed by atoms with Gasteiger partial charge in [0.15, 0.2) is 0 Å². The van der Waals surface area contributed by atoms with Crippen LogP contribution in [0.15, 0.2) is 59.7 Å². The number of benzene rings is 2. The molecule has 0 saturated heterocycles. The van der Waals surface area contributed by atoms with Crippen LogP contribution in [0.3, 0.4) is 0 Å². The van der Waals surface area contributed by atoms with E-state index in [1.165, 1.54) is 24.3 Å². The van der Waals surface area contributed by atoms with Gasteiger partial charge in [-0.25, -0.2) is 4.79 Å². The number of carbonyl (C=O) groups is 1. The van der Waals surface area contributed by atoms with Crippen molar-refractivity contribution in [1.82, 2.24) is 0 Å². The van der Waals surface area contributed by atoms with Crippen molar-refractivity contribution in [1.29, 1.82) is 0 Å². The van der Waals surface area contributed by atoms with Crippen molar-refractivity contribution in [2.24, 2.45) is 5.10 Å². The summed E-state index contributed by atoms with van der Waals surface area (Å²) in [6, 6.07) is 15.2. The molecule has 0 amide bonds. The maximum Gasteiger partial charge on any atom is 0.354 e. The van der Waals surface area contributed by atoms with Gasteiger partial charge < -0.3 is 4.74 Å². The van der Waals surface area contributed by atoms with Crippen LogP contribution >= 0.6 is 0 Å². The highest BCUT2D eigenvalue weighted by Gasteiger charge is 2.14. The Hall–Kier alpha value is -3.22. The maximum atomic E-state index is 12.0. The van der Waals surface area contributed by atoms with E-state index in [4.69, 9.17) is 4.74 Å². The fourth-order valence-corrected chi connectivity index (χ4v) is 1.95. The lowest BCUT2D eigenvalue weighted by molar-refractivity contribution is -0.384. The largest absolute Gasteiger partial charge is 0.461 e. The highest BCUT2D eigenvalue weighted by Crippen LogP contribution is 2.15. The molecular formula is C17H17N3O4. The van der Waals surface area contributed by atoms with Crippen molar-refractivity contribution in [2.75, 3.05) is 12.0 Å². The summed E-state index contributed by atoms with van der Waals surface area (Å²) in [5.74, 6) is -0.504. The fourth-order valence-electron chi connectivity index (χ4n) is 1.95. The smallest absolute Gasteiger partial charge is 0.354 e. The van der Waals surface area contributed by atoms with Gasteiger partial charge in [-0.1, -0.05) is 30.3 Å². The fraction of sp³-hybridized carbons (Fsp3) is 0.176. The summed E-state index contributed by atoms with van der Waals surface area (Å²) >= 11 is 0. The summed E-state index contributed by atoms with van der Waals surface area (Å²) in [4.78, 5) is 22.2. The van der Waals surface area contributed by atoms with Crippen LogP contribution in [0.4, 0.5) is 11.4 Å². The summed E-state index contributed by atoms with van der Waals surface area (Å²) in [6.45, 7) is 1.98. The molecule has 0 aliphatic rings. The van der Waals surface area contributed by atoms with Gasteiger partial charge >= 0.3 is 5.97 Å². The molecule has 0 atom stereocenters. The lowest BCUT2D eigenvalue weighted by atomic mass is 10.1. The molecule has 2 aromatic carbocycles. The third-order valence-electron chi connectivity index (χ3n) is 3.12. The number of hydrazone groups is 1. The minimum Gasteiger partial charge on any atom is -0.461 e. The molecule has 0 saturated carbocycles. The molecule has 0 fully saturated rings. The van der Waals surface area contributed by atoms with Crippen LogP contribution in [0, 0.1) is 10.1 Å². The molecule has 0 bridgehead atoms. The number of rotatable bonds is 7. The number of hydrogen-bond donors (Lipinski definition) is 1. The highest BCUT2D eigenvalue weighted by molar-refractivity contribution is 6.37. The molecule has 0 unspecified atom stereocenters. The highest BCUT2D eigenvalue weighted by atomic mass is 16.6. The van der Waals surface area contributed by atoms with Gasteiger partial charge in [0.1, 0.15) is 5.71 Å². The molecule has 24 heavy (non-hydrogen) atoms. The van der Waals surface area contributed by atoms with Gasteiger partial charge in [0.05, 0.1) is 17.2 Å². The van der Waals surface area contributed by atoms with Crippen LogP contribution in [0.1, 0.15) is 12.5 Å². The molecule has 2 aromatic rings. The predicted molar refractivity (Wildman–Crippen MR) is 90.9 cm³/mol. The van der Waals surface area contributed by atoms with E-state index in [-0.39, 0.29) is 18.0 Å². The Balaban J connectivity index is 2.14. The zero-order chi connectivity index (χ0) is 17.4. The van der Waals surface area contributed by atoms with Gasteiger partial charge in [-0.05, 0) is 24.6 Å². The monoisotopic (exact) mass is 327 g/mol. The lowest BCUT2D eigenvalue weighted by Gasteiger charge is -2.07. The first kappa shape index (κ1) is 17.1. The number of nitrogens with zero attached hydrogens (tertiary/aromatic N) is 2. The minimum absolute atomic E-state index is 0.0144. The molecule has 0 radical (unpaired) electrons. The van der Waals surface area contributed by atoms with Gasteiger partial charge in [-0.15, -0.1) is 0 Å². The average Bonchev–Trinajstić information content (AvgIpc) is 2.60. The van der Waals surface area contributed by atoms with Crippen molar-refractivity contribution in [3.05, 3.63) is 70.3 Å². The third-order valence-corrected chi connectivity index (χ3v) is 3.12. The van der Waals surface area contributed by atoms with E-state index in [1.807, 2.05) is 30.3 Å². The lowest BCUT2D eigenvalue weighted by Crippen LogP contribution is -2.21. The zero-order valence-electron chi connectivity index (χ0n) is 13.1. The van der Waals surface area contributed by atoms with Crippen LogP contribution in [0.5, 0.6) is 0 Å². The number of non-ortho nitro benzene ring substituents is 1. The van der Waals surface area contributed by atoms with Crippen LogP contribution in [-0.2, 0) is 16.0 Å². The van der Waals surface area contributed by atoms with Crippen LogP contribution in [0.2, 0.25) is 0 Å². The summed E-state index contributed by atoms with van der Waals surface area (Å²) < 4.78 is 5.02. The van der Waals surface area contributed by atoms with Crippen LogP contribution < -0.4 is 5.43 Å². The zero-order valence-corrected chi connectivity index (χ0v) is 13.1. The molecule has 1 N–H and O–H groups in total. The SMILES string of the molecule is CCOC(=O)/C(Cc1ccccc1)=N\Nc1ccc([N+](=O)[O-])cc1. The van der Waals surface area contributed by atoms with Crippen molar-refractivity contribution in [3.63, 3.8) is 0 Å². The summed E-state index contributed by atoms with van der Waals surface area (Å²) in [5, 5.41) is 14.7. The first-order chi connectivity index (χ1) is 11.6. The van der Waals surface area contributed by atoms with Crippen molar-refractivity contribution < 1.29 is 14.5 Å². The van der Waals surface area contributed by atoms with Crippen molar-refractivity contribution in [2.45, 2.75) is 13.3 Å². The number of nitro groups is 1. The first-order valence-electron chi connectivity index (χ1n) is 7.38. The Labute approximate surface area is 139 Å². The molecule has 7 heteroatoms. The number of ether oxygens (including phenoxy) is 1. The average molecular weight is 327 g/mol. The van der Waals surface area contributed by atoms with Crippen LogP contribution in [-0.4, -0.2) is 23.2 Å². The number of nitro benzene ring substituents is 1. The molecule has 0 spiro atoms. The Morgan fingerprint density at radius 3 is 2.42 bits per heavy atom. The molecule has 7 nitrogen and oxygen atoms in total. The van der Waals surface area contributed by atoms with Gasteiger partial charge in [-0.2, -0.15) is 5.10 Å². The number of esters is 1. The molecule has 0 aliphatic heterocycles. The molecule has 0 heterocycles. The Morgan fingerprint density at radius 1 is 1.17 bits per heavy atom. The van der Waals surface area contributed by atoms with Crippen molar-refractivity contribution in [3.8, 4) is 0 Å². The quantitative estimate of drug-likeness (QED) is 0.365. The molecule has 124 valence electrons. The number of anilines is 1. The van der Waals surface area contributed by atoms with E-state index in [2.05, 4.69) is 10.5 Å². The number of nitrogens with one attached hydrogen (secondary N) is 1. The molecule has 0 aliphatic carbocycles. The Kier molecular flexibility index (Phi) is 6.01. The van der Waals surface area contributed by atoms with Crippen molar-refractivity contribution >= 4 is 23.1 Å². The number of carbonyl (C=O) groups excluding carboxylic acids is 1. The van der Waals surface area contributed by atoms with Crippen LogP contribution in [0.25, 0.3) is 0 Å². The standard InChI is InChI=1S/C17H17N3O4/c1-2-24-17(21)16(12-13-6-4-3-5-7-13)19-18-14-8-10-15(11-9-14)20(22)23/h3-11,18H,2,12H2,1H3/b19-16-. The first-order valence-corrected chi connectivity index (χ1v) is 7.38. The van der Waals surface area contributed by atoms with E-state index in [0.29, 0.717) is 12.1 Å². The van der Waals surface area contributed by atoms with Gasteiger partial charge in [-0.3, -0.25) is 15.5 Å². The minimum atomic E-state index is -0.504. The van der Waals surface area contributed by atoms with E-state index < -0.39 is 10.9 Å². The van der Waals surface area contributed by atoms with Gasteiger partial charge in [0.25, 0.3) is 5.69 Å². The van der Waals surface area contributed by atoms with Gasteiger partial charge in [0, 0.05) is 18.6 Å². The van der Waals surface area contributed by atoms with E-state index >= 15 is 0 Å². The number of hydrogen-bond acceptors (Lipinski definition) is 6. The second kappa shape index (κ2) is 8.42. The molecule has 2 rings (SSSR count). The Bertz CT molecular complexity index is 727. The molecule has 0 aromatic heterocycles. The third kappa shape index (κ3) is 4.91. The van der Waals surface area contributed by atoms with Gasteiger partial charge in [0.2, 0.25) is 0 Å². The summed E-state index contributed by atoms with van der Waals surface area (Å²) in [5.41, 5.74) is 4.41. The summed E-state index contributed by atoms with van der Waals surface area (Å²) in [6.07, 6.45) is 0.319. The second-order valence-corrected chi connectivity index (χ2v) is 4.86. The molecular weight excluding hydrogens is 310 g/mol. The normalized spacial score (nSPS) is 11.0. The predicted octanol–water partition coefficient (Wildman–Crippen LogP) is 3.17. The second-order valence-electron chi connectivity index (χ2n) is 4.86. The Morgan fingerprint density at radius 2 is 1.83 bits per heavy atom. The maximum absolute atomic E-state index is 12.0.